The van der Waals surface area contributed by atoms with Crippen molar-refractivity contribution in [2.45, 2.75) is 26.2 Å². The Hall–Kier alpha value is -0.437. The van der Waals surface area contributed by atoms with Crippen molar-refractivity contribution >= 4 is 11.9 Å². The van der Waals surface area contributed by atoms with Crippen molar-refractivity contribution in [3.63, 3.8) is 0 Å². The Balaban J connectivity index is 0. The summed E-state index contributed by atoms with van der Waals surface area (Å²) in [6, 6.07) is 0. The average Bonchev–Trinajstić information content (AvgIpc) is 1.87. The molecule has 0 radical (unpaired) electrons. The van der Waals surface area contributed by atoms with E-state index in [1.807, 2.05) is 6.92 Å². The van der Waals surface area contributed by atoms with Crippen LogP contribution in [0.2, 0.25) is 0 Å². The van der Waals surface area contributed by atoms with Gasteiger partial charge in [-0.15, -0.1) is 0 Å². The minimum absolute atomic E-state index is 0. The molecule has 0 aliphatic carbocycles. The van der Waals surface area contributed by atoms with E-state index in [1.54, 1.807) is 0 Å². The van der Waals surface area contributed by atoms with Crippen LogP contribution in [-0.2, 0) is 29.1 Å². The van der Waals surface area contributed by atoms with Crippen molar-refractivity contribution in [3.8, 4) is 0 Å². The quantitative estimate of drug-likeness (QED) is 0.540. The van der Waals surface area contributed by atoms with Gasteiger partial charge in [0, 0.05) is 19.5 Å². The molecule has 0 atom stereocenters. The first kappa shape index (κ1) is 14.1. The van der Waals surface area contributed by atoms with Crippen LogP contribution < -0.4 is 0 Å². The summed E-state index contributed by atoms with van der Waals surface area (Å²) in [7, 11) is 0. The van der Waals surface area contributed by atoms with Gasteiger partial charge in [0.2, 0.25) is 0 Å². The molecule has 0 aliphatic rings. The third-order valence-corrected chi connectivity index (χ3v) is 1.44. The largest absolute Gasteiger partial charge is 0.481 e. The van der Waals surface area contributed by atoms with Gasteiger partial charge in [0.25, 0.3) is 0 Å². The van der Waals surface area contributed by atoms with Crippen LogP contribution in [0.5, 0.6) is 0 Å². The number of unbranched alkanes of at least 4 members (excludes halogenated alkanes) is 1. The summed E-state index contributed by atoms with van der Waals surface area (Å²) in [4.78, 5) is 20.5. The molecule has 0 rings (SSSR count). The second-order valence-corrected chi connectivity index (χ2v) is 2.37. The zero-order chi connectivity index (χ0) is 8.85. The van der Waals surface area contributed by atoms with Gasteiger partial charge in [-0.2, -0.15) is 0 Å². The molecule has 0 unspecified atom stereocenters. The molecule has 0 aromatic rings. The summed E-state index contributed by atoms with van der Waals surface area (Å²) in [6.45, 7) is 1.89. The van der Waals surface area contributed by atoms with E-state index < -0.39 is 17.9 Å². The Morgan fingerprint density at radius 1 is 1.25 bits per heavy atom. The maximum atomic E-state index is 10.3. The summed E-state index contributed by atoms with van der Waals surface area (Å²) >= 11 is 0. The fourth-order valence-electron chi connectivity index (χ4n) is 0.761. The fourth-order valence-corrected chi connectivity index (χ4v) is 0.761. The van der Waals surface area contributed by atoms with Crippen LogP contribution in [0, 0.1) is 5.92 Å². The summed E-state index contributed by atoms with van der Waals surface area (Å²) in [5.41, 5.74) is 0. The topological polar surface area (TPSA) is 74.6 Å². The number of aliphatic carboxylic acids is 2. The van der Waals surface area contributed by atoms with Crippen LogP contribution in [0.4, 0.5) is 0 Å². The SMILES string of the molecule is CCCCC(C(=O)O)C(=O)O.[Zn]. The van der Waals surface area contributed by atoms with E-state index in [1.165, 1.54) is 0 Å². The van der Waals surface area contributed by atoms with Crippen molar-refractivity contribution in [3.05, 3.63) is 0 Å². The van der Waals surface area contributed by atoms with Crippen molar-refractivity contribution in [1.82, 2.24) is 0 Å². The van der Waals surface area contributed by atoms with Crippen molar-refractivity contribution in [2.75, 3.05) is 0 Å². The molecule has 0 amide bonds. The first-order valence-electron chi connectivity index (χ1n) is 3.55. The first-order valence-corrected chi connectivity index (χ1v) is 3.55. The van der Waals surface area contributed by atoms with Crippen LogP contribution in [0.15, 0.2) is 0 Å². The van der Waals surface area contributed by atoms with Gasteiger partial charge in [0.1, 0.15) is 0 Å². The maximum absolute atomic E-state index is 10.3. The molecule has 0 aromatic carbocycles. The molecule has 5 heteroatoms. The van der Waals surface area contributed by atoms with Crippen LogP contribution in [0.25, 0.3) is 0 Å². The van der Waals surface area contributed by atoms with E-state index in [2.05, 4.69) is 0 Å². The average molecular weight is 226 g/mol. The van der Waals surface area contributed by atoms with Gasteiger partial charge < -0.3 is 10.2 Å². The predicted octanol–water partition coefficient (Wildman–Crippen LogP) is 0.960. The molecule has 0 aliphatic heterocycles. The predicted molar refractivity (Wildman–Crippen MR) is 38.3 cm³/mol. The van der Waals surface area contributed by atoms with Gasteiger partial charge in [-0.25, -0.2) is 0 Å². The molecule has 0 saturated carbocycles. The molecule has 4 nitrogen and oxygen atoms in total. The van der Waals surface area contributed by atoms with E-state index in [9.17, 15) is 9.59 Å². The maximum Gasteiger partial charge on any atom is 0.317 e. The number of carbonyl (C=O) groups is 2. The molecule has 2 N–H and O–H groups in total. The number of carboxylic acid groups (broad SMARTS) is 2. The Kier molecular flexibility index (Phi) is 8.49. The summed E-state index contributed by atoms with van der Waals surface area (Å²) < 4.78 is 0. The molecule has 0 aromatic heterocycles. The minimum Gasteiger partial charge on any atom is -0.481 e. The van der Waals surface area contributed by atoms with E-state index in [0.717, 1.165) is 6.42 Å². The van der Waals surface area contributed by atoms with E-state index in [-0.39, 0.29) is 25.9 Å². The van der Waals surface area contributed by atoms with Crippen molar-refractivity contribution < 1.29 is 39.3 Å². The van der Waals surface area contributed by atoms with E-state index in [0.29, 0.717) is 6.42 Å². The zero-order valence-corrected chi connectivity index (χ0v) is 10.1. The fraction of sp³-hybridized carbons (Fsp3) is 0.714. The Morgan fingerprint density at radius 2 is 1.67 bits per heavy atom. The second-order valence-electron chi connectivity index (χ2n) is 2.37. The first-order chi connectivity index (χ1) is 5.09. The molecule has 0 saturated heterocycles. The monoisotopic (exact) mass is 224 g/mol. The molecule has 12 heavy (non-hydrogen) atoms. The Morgan fingerprint density at radius 3 is 1.92 bits per heavy atom. The summed E-state index contributed by atoms with van der Waals surface area (Å²) in [5.74, 6) is -3.72. The number of rotatable bonds is 5. The molecule has 0 spiro atoms. The van der Waals surface area contributed by atoms with Crippen LogP contribution in [0.3, 0.4) is 0 Å². The Bertz CT molecular complexity index is 143. The summed E-state index contributed by atoms with van der Waals surface area (Å²) in [5, 5.41) is 16.8. The van der Waals surface area contributed by atoms with Gasteiger partial charge in [0.05, 0.1) is 0 Å². The summed E-state index contributed by atoms with van der Waals surface area (Å²) in [6.07, 6.45) is 1.68. The second kappa shape index (κ2) is 7.23. The molecule has 0 fully saturated rings. The molecule has 0 bridgehead atoms. The van der Waals surface area contributed by atoms with Gasteiger partial charge in [-0.05, 0) is 6.42 Å². The third-order valence-electron chi connectivity index (χ3n) is 1.44. The Labute approximate surface area is 83.7 Å². The standard InChI is InChI=1S/C7H12O4.Zn/c1-2-3-4-5(6(8)9)7(10)11;/h5H,2-4H2,1H3,(H,8,9)(H,10,11);. The van der Waals surface area contributed by atoms with Crippen LogP contribution in [0.1, 0.15) is 26.2 Å². The third kappa shape index (κ3) is 5.24. The van der Waals surface area contributed by atoms with E-state index in [4.69, 9.17) is 10.2 Å². The van der Waals surface area contributed by atoms with Gasteiger partial charge in [-0.3, -0.25) is 9.59 Å². The van der Waals surface area contributed by atoms with Crippen molar-refractivity contribution in [2.24, 2.45) is 5.92 Å². The number of hydrogen-bond donors (Lipinski definition) is 2. The van der Waals surface area contributed by atoms with Crippen LogP contribution >= 0.6 is 0 Å². The van der Waals surface area contributed by atoms with Gasteiger partial charge >= 0.3 is 11.9 Å². The van der Waals surface area contributed by atoms with E-state index >= 15 is 0 Å². The number of hydrogen-bond acceptors (Lipinski definition) is 2. The number of carboxylic acids is 2. The van der Waals surface area contributed by atoms with Gasteiger partial charge in [0.15, 0.2) is 5.92 Å². The zero-order valence-electron chi connectivity index (χ0n) is 7.12. The molecule has 66 valence electrons. The normalized spacial score (nSPS) is 9.17. The molecular formula is C7H12O4Zn. The molecule has 0 heterocycles. The molecular weight excluding hydrogens is 213 g/mol. The smallest absolute Gasteiger partial charge is 0.317 e. The van der Waals surface area contributed by atoms with Crippen LogP contribution in [-0.4, -0.2) is 22.2 Å². The van der Waals surface area contributed by atoms with Gasteiger partial charge in [-0.1, -0.05) is 19.8 Å². The van der Waals surface area contributed by atoms with Crippen molar-refractivity contribution in [1.29, 1.82) is 0 Å². The minimum atomic E-state index is -1.24.